The zero-order chi connectivity index (χ0) is 20.9. The minimum Gasteiger partial charge on any atom is -0.494 e. The van der Waals surface area contributed by atoms with Crippen molar-refractivity contribution < 1.29 is 23.9 Å². The molecule has 6 nitrogen and oxygen atoms in total. The highest BCUT2D eigenvalue weighted by molar-refractivity contribution is 5.97. The van der Waals surface area contributed by atoms with E-state index in [9.17, 15) is 14.4 Å². The maximum Gasteiger partial charge on any atom is 0.306 e. The molecule has 0 atom stereocenters. The summed E-state index contributed by atoms with van der Waals surface area (Å²) in [4.78, 5) is 34.8. The lowest BCUT2D eigenvalue weighted by molar-refractivity contribution is -0.142. The molecular weight excluding hydrogens is 370 g/mol. The number of aryl methyl sites for hydroxylation is 1. The Kier molecular flexibility index (Phi) is 9.42. The van der Waals surface area contributed by atoms with Crippen LogP contribution in [0.4, 0.5) is 0 Å². The van der Waals surface area contributed by atoms with Crippen LogP contribution in [-0.4, -0.2) is 37.4 Å². The van der Waals surface area contributed by atoms with E-state index in [4.69, 9.17) is 9.47 Å². The maximum absolute atomic E-state index is 12.2. The molecule has 1 N–H and O–H groups in total. The van der Waals surface area contributed by atoms with Crippen molar-refractivity contribution in [3.63, 3.8) is 0 Å². The number of ketones is 1. The zero-order valence-electron chi connectivity index (χ0n) is 16.7. The van der Waals surface area contributed by atoms with Crippen molar-refractivity contribution in [3.05, 3.63) is 65.7 Å². The number of amides is 1. The number of hydrogen-bond donors (Lipinski definition) is 1. The summed E-state index contributed by atoms with van der Waals surface area (Å²) in [6.45, 7) is 2.27. The number of Topliss-reactive ketones (excluding diaryl/α,β-unsaturated/α-hetero) is 1. The largest absolute Gasteiger partial charge is 0.494 e. The third-order valence-corrected chi connectivity index (χ3v) is 4.19. The van der Waals surface area contributed by atoms with Gasteiger partial charge in [-0.2, -0.15) is 0 Å². The van der Waals surface area contributed by atoms with E-state index < -0.39 is 5.97 Å². The smallest absolute Gasteiger partial charge is 0.306 e. The second-order valence-electron chi connectivity index (χ2n) is 6.63. The topological polar surface area (TPSA) is 81.7 Å². The van der Waals surface area contributed by atoms with E-state index in [-0.39, 0.29) is 24.7 Å². The molecule has 0 saturated heterocycles. The van der Waals surface area contributed by atoms with Crippen LogP contribution in [0, 0.1) is 0 Å². The summed E-state index contributed by atoms with van der Waals surface area (Å²) in [6.07, 6.45) is 2.37. The third-order valence-electron chi connectivity index (χ3n) is 4.19. The molecular formula is C23H27NO5. The standard InChI is InChI=1S/C23H27NO5/c1-18(25)24-15-5-7-19-11-13-20(14-12-19)22(26)17-29-23(27)10-6-16-28-21-8-3-2-4-9-21/h2-4,8-9,11-14H,5-7,10,15-17H2,1H3,(H,24,25). The first-order chi connectivity index (χ1) is 14.0. The van der Waals surface area contributed by atoms with Crippen molar-refractivity contribution in [2.24, 2.45) is 0 Å². The number of rotatable bonds is 12. The molecule has 0 aliphatic carbocycles. The molecule has 0 saturated carbocycles. The summed E-state index contributed by atoms with van der Waals surface area (Å²) in [5.74, 6) is 0.0760. The van der Waals surface area contributed by atoms with Crippen LogP contribution in [0.3, 0.4) is 0 Å². The number of para-hydroxylation sites is 1. The summed E-state index contributed by atoms with van der Waals surface area (Å²) in [6, 6.07) is 16.6. The van der Waals surface area contributed by atoms with E-state index in [2.05, 4.69) is 5.32 Å². The van der Waals surface area contributed by atoms with Gasteiger partial charge in [0.1, 0.15) is 5.75 Å². The molecule has 29 heavy (non-hydrogen) atoms. The van der Waals surface area contributed by atoms with Crippen molar-refractivity contribution >= 4 is 17.7 Å². The average Bonchev–Trinajstić information content (AvgIpc) is 2.73. The number of nitrogens with one attached hydrogen (secondary N) is 1. The predicted octanol–water partition coefficient (Wildman–Crippen LogP) is 3.34. The summed E-state index contributed by atoms with van der Waals surface area (Å²) < 4.78 is 10.6. The lowest BCUT2D eigenvalue weighted by Gasteiger charge is -2.07. The molecule has 6 heteroatoms. The van der Waals surface area contributed by atoms with Gasteiger partial charge in [0.2, 0.25) is 5.91 Å². The second kappa shape index (κ2) is 12.3. The Morgan fingerprint density at radius 1 is 0.931 bits per heavy atom. The normalized spacial score (nSPS) is 10.2. The van der Waals surface area contributed by atoms with Crippen LogP contribution in [0.15, 0.2) is 54.6 Å². The lowest BCUT2D eigenvalue weighted by Crippen LogP contribution is -2.21. The number of carbonyl (C=O) groups excluding carboxylic acids is 3. The number of ether oxygens (including phenoxy) is 2. The van der Waals surface area contributed by atoms with E-state index in [1.54, 1.807) is 12.1 Å². The predicted molar refractivity (Wildman–Crippen MR) is 110 cm³/mol. The van der Waals surface area contributed by atoms with E-state index in [0.717, 1.165) is 24.2 Å². The van der Waals surface area contributed by atoms with E-state index in [1.165, 1.54) is 6.92 Å². The molecule has 0 spiro atoms. The molecule has 0 fully saturated rings. The van der Waals surface area contributed by atoms with Crippen LogP contribution in [0.25, 0.3) is 0 Å². The van der Waals surface area contributed by atoms with Gasteiger partial charge in [-0.05, 0) is 37.0 Å². The van der Waals surface area contributed by atoms with Crippen LogP contribution in [-0.2, 0) is 20.7 Å². The monoisotopic (exact) mass is 397 g/mol. The first-order valence-electron chi connectivity index (χ1n) is 9.74. The number of benzene rings is 2. The van der Waals surface area contributed by atoms with Gasteiger partial charge in [0, 0.05) is 25.5 Å². The van der Waals surface area contributed by atoms with Crippen LogP contribution >= 0.6 is 0 Å². The molecule has 0 radical (unpaired) electrons. The minimum absolute atomic E-state index is 0.0378. The van der Waals surface area contributed by atoms with Crippen molar-refractivity contribution in [2.45, 2.75) is 32.6 Å². The fourth-order valence-corrected chi connectivity index (χ4v) is 2.64. The molecule has 2 aromatic carbocycles. The maximum atomic E-state index is 12.2. The van der Waals surface area contributed by atoms with Gasteiger partial charge in [-0.1, -0.05) is 42.5 Å². The Morgan fingerprint density at radius 3 is 2.34 bits per heavy atom. The molecule has 0 aliphatic rings. The Bertz CT molecular complexity index is 787. The molecule has 2 rings (SSSR count). The van der Waals surface area contributed by atoms with Gasteiger partial charge >= 0.3 is 5.97 Å². The van der Waals surface area contributed by atoms with Gasteiger partial charge < -0.3 is 14.8 Å². The van der Waals surface area contributed by atoms with Gasteiger partial charge in [-0.25, -0.2) is 0 Å². The van der Waals surface area contributed by atoms with Crippen LogP contribution < -0.4 is 10.1 Å². The van der Waals surface area contributed by atoms with Crippen LogP contribution in [0.2, 0.25) is 0 Å². The second-order valence-corrected chi connectivity index (χ2v) is 6.63. The van der Waals surface area contributed by atoms with Gasteiger partial charge in [-0.3, -0.25) is 14.4 Å². The number of esters is 1. The molecule has 0 heterocycles. The molecule has 1 amide bonds. The van der Waals surface area contributed by atoms with Crippen molar-refractivity contribution in [2.75, 3.05) is 19.8 Å². The van der Waals surface area contributed by atoms with Gasteiger partial charge in [0.05, 0.1) is 6.61 Å². The molecule has 2 aromatic rings. The lowest BCUT2D eigenvalue weighted by atomic mass is 10.1. The Morgan fingerprint density at radius 2 is 1.66 bits per heavy atom. The minimum atomic E-state index is -0.412. The highest BCUT2D eigenvalue weighted by Crippen LogP contribution is 2.10. The molecule has 0 aliphatic heterocycles. The Balaban J connectivity index is 1.62. The van der Waals surface area contributed by atoms with E-state index >= 15 is 0 Å². The Labute approximate surface area is 171 Å². The Hall–Kier alpha value is -3.15. The summed E-state index contributed by atoms with van der Waals surface area (Å²) >= 11 is 0. The fourth-order valence-electron chi connectivity index (χ4n) is 2.64. The highest BCUT2D eigenvalue weighted by atomic mass is 16.5. The van der Waals surface area contributed by atoms with Crippen molar-refractivity contribution in [1.29, 1.82) is 0 Å². The van der Waals surface area contributed by atoms with Crippen LogP contribution in [0.5, 0.6) is 5.75 Å². The number of hydrogen-bond acceptors (Lipinski definition) is 5. The van der Waals surface area contributed by atoms with Crippen molar-refractivity contribution in [1.82, 2.24) is 5.32 Å². The molecule has 0 bridgehead atoms. The molecule has 0 aromatic heterocycles. The summed E-state index contributed by atoms with van der Waals surface area (Å²) in [5, 5.41) is 2.75. The first-order valence-corrected chi connectivity index (χ1v) is 9.74. The highest BCUT2D eigenvalue weighted by Gasteiger charge is 2.10. The van der Waals surface area contributed by atoms with Gasteiger partial charge in [0.15, 0.2) is 12.4 Å². The number of carbonyl (C=O) groups is 3. The zero-order valence-corrected chi connectivity index (χ0v) is 16.7. The summed E-state index contributed by atoms with van der Waals surface area (Å²) in [7, 11) is 0. The fraction of sp³-hybridized carbons (Fsp3) is 0.348. The first kappa shape index (κ1) is 22.1. The quantitative estimate of drug-likeness (QED) is 0.337. The SMILES string of the molecule is CC(=O)NCCCc1ccc(C(=O)COC(=O)CCCOc2ccccc2)cc1. The molecule has 0 unspecified atom stereocenters. The van der Waals surface area contributed by atoms with Gasteiger partial charge in [0.25, 0.3) is 0 Å². The van der Waals surface area contributed by atoms with E-state index in [1.807, 2.05) is 42.5 Å². The molecule has 154 valence electrons. The van der Waals surface area contributed by atoms with Crippen molar-refractivity contribution in [3.8, 4) is 5.75 Å². The third kappa shape index (κ3) is 9.06. The average molecular weight is 397 g/mol. The summed E-state index contributed by atoms with van der Waals surface area (Å²) in [5.41, 5.74) is 1.60. The van der Waals surface area contributed by atoms with E-state index in [0.29, 0.717) is 25.1 Å². The van der Waals surface area contributed by atoms with Crippen LogP contribution in [0.1, 0.15) is 42.1 Å². The van der Waals surface area contributed by atoms with Gasteiger partial charge in [-0.15, -0.1) is 0 Å².